The maximum absolute atomic E-state index is 12.8. The molecule has 2 aromatic rings. The van der Waals surface area contributed by atoms with Crippen LogP contribution in [0.3, 0.4) is 0 Å². The van der Waals surface area contributed by atoms with E-state index in [1.165, 1.54) is 4.88 Å². The smallest absolute Gasteiger partial charge is 0.410 e. The van der Waals surface area contributed by atoms with Crippen LogP contribution in [-0.4, -0.2) is 66.3 Å². The van der Waals surface area contributed by atoms with E-state index in [1.54, 1.807) is 35.6 Å². The Labute approximate surface area is 233 Å². The molecule has 37 heavy (non-hydrogen) atoms. The highest BCUT2D eigenvalue weighted by Gasteiger charge is 2.34. The van der Waals surface area contributed by atoms with E-state index in [1.807, 2.05) is 31.7 Å². The van der Waals surface area contributed by atoms with Gasteiger partial charge in [0, 0.05) is 60.3 Å². The number of halogens is 2. The third-order valence-electron chi connectivity index (χ3n) is 6.86. The third kappa shape index (κ3) is 8.24. The van der Waals surface area contributed by atoms with Crippen LogP contribution in [0.15, 0.2) is 36.4 Å². The summed E-state index contributed by atoms with van der Waals surface area (Å²) in [7, 11) is 0. The van der Waals surface area contributed by atoms with Crippen molar-refractivity contribution in [3.05, 3.63) is 50.6 Å². The van der Waals surface area contributed by atoms with E-state index in [2.05, 4.69) is 21.6 Å². The Morgan fingerprint density at radius 1 is 1.03 bits per heavy atom. The number of anilines is 1. The summed E-state index contributed by atoms with van der Waals surface area (Å²) < 4.78 is 6.29. The quantitative estimate of drug-likeness (QED) is 0.423. The molecule has 0 bridgehead atoms. The molecule has 2 aliphatic heterocycles. The highest BCUT2D eigenvalue weighted by Crippen LogP contribution is 2.35. The van der Waals surface area contributed by atoms with Gasteiger partial charge < -0.3 is 25.2 Å². The minimum atomic E-state index is -0.474. The molecule has 3 amide bonds. The number of nitrogens with one attached hydrogen (secondary N) is 2. The molecule has 202 valence electrons. The summed E-state index contributed by atoms with van der Waals surface area (Å²) in [4.78, 5) is 30.7. The van der Waals surface area contributed by atoms with E-state index >= 15 is 0 Å². The minimum Gasteiger partial charge on any atom is -0.444 e. The fraction of sp³-hybridized carbons (Fsp3) is 0.556. The lowest BCUT2D eigenvalue weighted by Crippen LogP contribution is -2.52. The summed E-state index contributed by atoms with van der Waals surface area (Å²) in [6, 6.07) is 10.9. The molecule has 2 saturated heterocycles. The van der Waals surface area contributed by atoms with Gasteiger partial charge in [-0.25, -0.2) is 9.59 Å². The lowest BCUT2D eigenvalue weighted by molar-refractivity contribution is 0.0163. The van der Waals surface area contributed by atoms with Crippen molar-refractivity contribution in [1.29, 1.82) is 0 Å². The number of hydrogen-bond donors (Lipinski definition) is 2. The molecule has 2 atom stereocenters. The average Bonchev–Trinajstić information content (AvgIpc) is 3.27. The zero-order valence-corrected chi connectivity index (χ0v) is 24.0. The summed E-state index contributed by atoms with van der Waals surface area (Å²) in [5.74, 6) is 0.688. The molecule has 2 fully saturated rings. The number of ether oxygens (including phenoxy) is 1. The standard InChI is InChI=1S/C27H36Cl2N4O3S/c1-27(2,3)36-26(35)33-14-10-18(11-15-33)16-32-13-12-22(21(17-32)23-8-9-24(29)37-23)31-25(34)30-20-6-4-19(28)5-7-20/h4-9,18,21-22H,10-17H2,1-3H3,(H2,30,31,34). The number of thiophene rings is 1. The summed E-state index contributed by atoms with van der Waals surface area (Å²) in [6.07, 6.45) is 2.57. The minimum absolute atomic E-state index is 0.00674. The molecule has 3 heterocycles. The number of rotatable bonds is 5. The summed E-state index contributed by atoms with van der Waals surface area (Å²) >= 11 is 13.8. The number of benzene rings is 1. The molecule has 2 unspecified atom stereocenters. The van der Waals surface area contributed by atoms with Crippen LogP contribution in [0.2, 0.25) is 9.36 Å². The van der Waals surface area contributed by atoms with Crippen molar-refractivity contribution < 1.29 is 14.3 Å². The van der Waals surface area contributed by atoms with Gasteiger partial charge in [0.15, 0.2) is 0 Å². The first-order chi connectivity index (χ1) is 17.6. The van der Waals surface area contributed by atoms with Gasteiger partial charge in [-0.15, -0.1) is 11.3 Å². The zero-order chi connectivity index (χ0) is 26.6. The molecule has 4 rings (SSSR count). The fourth-order valence-corrected chi connectivity index (χ4v) is 6.38. The Morgan fingerprint density at radius 3 is 2.35 bits per heavy atom. The van der Waals surface area contributed by atoms with Gasteiger partial charge in [-0.1, -0.05) is 23.2 Å². The lowest BCUT2D eigenvalue weighted by Gasteiger charge is -2.41. The van der Waals surface area contributed by atoms with Gasteiger partial charge in [-0.05, 0) is 82.3 Å². The number of carbonyl (C=O) groups excluding carboxylic acids is 2. The predicted octanol–water partition coefficient (Wildman–Crippen LogP) is 6.68. The molecule has 2 aliphatic rings. The number of piperidine rings is 2. The number of amides is 3. The van der Waals surface area contributed by atoms with Crippen LogP contribution in [-0.2, 0) is 4.74 Å². The Morgan fingerprint density at radius 2 is 1.73 bits per heavy atom. The molecule has 10 heteroatoms. The topological polar surface area (TPSA) is 73.9 Å². The van der Waals surface area contributed by atoms with E-state index in [0.717, 1.165) is 56.3 Å². The number of carbonyl (C=O) groups is 2. The Kier molecular flexibility index (Phi) is 9.27. The van der Waals surface area contributed by atoms with Crippen LogP contribution in [0.5, 0.6) is 0 Å². The second kappa shape index (κ2) is 12.2. The highest BCUT2D eigenvalue weighted by atomic mass is 35.5. The Hall–Kier alpha value is -2.00. The van der Waals surface area contributed by atoms with Gasteiger partial charge in [-0.3, -0.25) is 0 Å². The van der Waals surface area contributed by atoms with E-state index in [-0.39, 0.29) is 24.1 Å². The fourth-order valence-electron chi connectivity index (χ4n) is 5.03. The Balaban J connectivity index is 1.32. The average molecular weight is 568 g/mol. The molecule has 0 saturated carbocycles. The largest absolute Gasteiger partial charge is 0.444 e. The normalized spacial score (nSPS) is 21.5. The molecule has 7 nitrogen and oxygen atoms in total. The maximum atomic E-state index is 12.8. The molecule has 1 aromatic heterocycles. The molecular formula is C27H36Cl2N4O3S. The van der Waals surface area contributed by atoms with Crippen LogP contribution in [0.1, 0.15) is 50.8 Å². The maximum Gasteiger partial charge on any atom is 0.410 e. The van der Waals surface area contributed by atoms with E-state index in [9.17, 15) is 9.59 Å². The van der Waals surface area contributed by atoms with Crippen LogP contribution in [0.4, 0.5) is 15.3 Å². The molecule has 0 radical (unpaired) electrons. The van der Waals surface area contributed by atoms with Gasteiger partial charge in [0.25, 0.3) is 0 Å². The SMILES string of the molecule is CC(C)(C)OC(=O)N1CCC(CN2CCC(NC(=O)Nc3ccc(Cl)cc3)C(c3ccc(Cl)s3)C2)CC1. The molecule has 1 aromatic carbocycles. The van der Waals surface area contributed by atoms with Crippen molar-refractivity contribution in [2.45, 2.75) is 57.6 Å². The summed E-state index contributed by atoms with van der Waals surface area (Å²) in [6.45, 7) is 9.90. The second-order valence-corrected chi connectivity index (χ2v) is 13.1. The van der Waals surface area contributed by atoms with Gasteiger partial charge in [0.05, 0.1) is 4.34 Å². The van der Waals surface area contributed by atoms with E-state index in [4.69, 9.17) is 27.9 Å². The summed E-state index contributed by atoms with van der Waals surface area (Å²) in [5.41, 5.74) is 0.227. The molecule has 0 aliphatic carbocycles. The molecule has 0 spiro atoms. The monoisotopic (exact) mass is 566 g/mol. The number of nitrogens with zero attached hydrogens (tertiary/aromatic N) is 2. The first kappa shape index (κ1) is 28.0. The predicted molar refractivity (Wildman–Crippen MR) is 151 cm³/mol. The van der Waals surface area contributed by atoms with Crippen molar-refractivity contribution in [2.24, 2.45) is 5.92 Å². The molecule has 2 N–H and O–H groups in total. The van der Waals surface area contributed by atoms with Gasteiger partial charge in [-0.2, -0.15) is 0 Å². The van der Waals surface area contributed by atoms with Crippen LogP contribution in [0, 0.1) is 5.92 Å². The third-order valence-corrected chi connectivity index (χ3v) is 8.47. The Bertz CT molecular complexity index is 1060. The first-order valence-corrected chi connectivity index (χ1v) is 14.4. The highest BCUT2D eigenvalue weighted by molar-refractivity contribution is 7.16. The number of hydrogen-bond acceptors (Lipinski definition) is 5. The van der Waals surface area contributed by atoms with Crippen molar-refractivity contribution in [3.63, 3.8) is 0 Å². The molecular weight excluding hydrogens is 531 g/mol. The van der Waals surface area contributed by atoms with Crippen LogP contribution < -0.4 is 10.6 Å². The first-order valence-electron chi connectivity index (χ1n) is 12.8. The van der Waals surface area contributed by atoms with Gasteiger partial charge in [0.2, 0.25) is 0 Å². The van der Waals surface area contributed by atoms with E-state index in [0.29, 0.717) is 16.6 Å². The van der Waals surface area contributed by atoms with Crippen molar-refractivity contribution in [3.8, 4) is 0 Å². The zero-order valence-electron chi connectivity index (χ0n) is 21.6. The summed E-state index contributed by atoms with van der Waals surface area (Å²) in [5, 5.41) is 6.74. The number of likely N-dealkylation sites (tertiary alicyclic amines) is 2. The van der Waals surface area contributed by atoms with Crippen molar-refractivity contribution in [2.75, 3.05) is 38.0 Å². The number of urea groups is 1. The van der Waals surface area contributed by atoms with E-state index < -0.39 is 5.60 Å². The van der Waals surface area contributed by atoms with Crippen molar-refractivity contribution >= 4 is 52.4 Å². The second-order valence-electron chi connectivity index (χ2n) is 10.9. The van der Waals surface area contributed by atoms with Crippen LogP contribution in [0.25, 0.3) is 0 Å². The van der Waals surface area contributed by atoms with Crippen molar-refractivity contribution in [1.82, 2.24) is 15.1 Å². The van der Waals surface area contributed by atoms with Gasteiger partial charge >= 0.3 is 12.1 Å². The van der Waals surface area contributed by atoms with Gasteiger partial charge in [0.1, 0.15) is 5.60 Å². The van der Waals surface area contributed by atoms with Crippen LogP contribution >= 0.6 is 34.5 Å². The lowest BCUT2D eigenvalue weighted by atomic mass is 9.89.